The summed E-state index contributed by atoms with van der Waals surface area (Å²) in [6.45, 7) is 1.88. The van der Waals surface area contributed by atoms with Crippen molar-refractivity contribution < 1.29 is 19.2 Å². The van der Waals surface area contributed by atoms with Crippen LogP contribution in [0.4, 0.5) is 5.69 Å². The number of rotatable bonds is 7. The summed E-state index contributed by atoms with van der Waals surface area (Å²) >= 11 is 0. The topological polar surface area (TPSA) is 88.7 Å². The third kappa shape index (κ3) is 4.03. The molecule has 2 aromatic rings. The lowest BCUT2D eigenvalue weighted by Crippen LogP contribution is -2.29. The number of para-hydroxylation sites is 1. The van der Waals surface area contributed by atoms with Crippen molar-refractivity contribution in [1.29, 1.82) is 0 Å². The number of methoxy groups -OCH3 is 1. The normalized spacial score (nSPS) is 12.1. The number of anilines is 1. The highest BCUT2D eigenvalue weighted by Gasteiger charge is 2.17. The van der Waals surface area contributed by atoms with Gasteiger partial charge in [-0.15, -0.1) is 0 Å². The average molecular weight is 291 g/mol. The number of benzene rings is 1. The van der Waals surface area contributed by atoms with Gasteiger partial charge in [-0.2, -0.15) is 4.98 Å². The van der Waals surface area contributed by atoms with Crippen LogP contribution in [-0.4, -0.2) is 34.9 Å². The van der Waals surface area contributed by atoms with Crippen LogP contribution in [0.15, 0.2) is 34.9 Å². The van der Waals surface area contributed by atoms with Gasteiger partial charge in [0.15, 0.2) is 5.82 Å². The number of aromatic nitrogens is 2. The molecule has 1 aromatic heterocycles. The van der Waals surface area contributed by atoms with Gasteiger partial charge in [-0.3, -0.25) is 4.79 Å². The van der Waals surface area contributed by atoms with Crippen molar-refractivity contribution >= 4 is 11.7 Å². The molecule has 0 aliphatic rings. The Kier molecular flexibility index (Phi) is 4.89. The molecule has 0 saturated carbocycles. The van der Waals surface area contributed by atoms with Crippen LogP contribution in [-0.2, 0) is 16.1 Å². The van der Waals surface area contributed by atoms with Crippen molar-refractivity contribution in [3.8, 4) is 0 Å². The number of carbonyl (C=O) groups is 1. The van der Waals surface area contributed by atoms with Gasteiger partial charge in [-0.1, -0.05) is 23.4 Å². The standard InChI is InChI=1S/C14H17N3O4/c1-10(20-2)14-15-12(21-16-14)8-17(9-13(18)19)11-6-4-3-5-7-11/h3-7,10H,8-9H2,1-2H3,(H,18,19). The summed E-state index contributed by atoms with van der Waals surface area (Å²) in [6, 6.07) is 9.22. The van der Waals surface area contributed by atoms with Crippen LogP contribution in [0.3, 0.4) is 0 Å². The first-order chi connectivity index (χ1) is 10.1. The second-order valence-electron chi connectivity index (χ2n) is 4.51. The maximum Gasteiger partial charge on any atom is 0.323 e. The highest BCUT2D eigenvalue weighted by atomic mass is 16.5. The van der Waals surface area contributed by atoms with E-state index in [2.05, 4.69) is 10.1 Å². The largest absolute Gasteiger partial charge is 0.480 e. The second-order valence-corrected chi connectivity index (χ2v) is 4.51. The zero-order chi connectivity index (χ0) is 15.2. The lowest BCUT2D eigenvalue weighted by molar-refractivity contribution is -0.135. The van der Waals surface area contributed by atoms with Gasteiger partial charge in [-0.25, -0.2) is 0 Å². The van der Waals surface area contributed by atoms with Gasteiger partial charge in [0.25, 0.3) is 0 Å². The minimum Gasteiger partial charge on any atom is -0.480 e. The summed E-state index contributed by atoms with van der Waals surface area (Å²) in [5, 5.41) is 12.9. The molecule has 0 saturated heterocycles. The highest BCUT2D eigenvalue weighted by molar-refractivity contribution is 5.73. The Morgan fingerprint density at radius 3 is 2.76 bits per heavy atom. The van der Waals surface area contributed by atoms with Crippen molar-refractivity contribution in [2.75, 3.05) is 18.6 Å². The van der Waals surface area contributed by atoms with E-state index in [1.54, 1.807) is 18.9 Å². The van der Waals surface area contributed by atoms with E-state index < -0.39 is 5.97 Å². The Morgan fingerprint density at radius 1 is 1.43 bits per heavy atom. The van der Waals surface area contributed by atoms with Gasteiger partial charge in [0.1, 0.15) is 12.6 Å². The third-order valence-corrected chi connectivity index (χ3v) is 2.97. The molecule has 2 rings (SSSR count). The zero-order valence-corrected chi connectivity index (χ0v) is 11.9. The molecule has 1 unspecified atom stereocenters. The first-order valence-electron chi connectivity index (χ1n) is 6.47. The van der Waals surface area contributed by atoms with Gasteiger partial charge in [0.05, 0.1) is 6.54 Å². The highest BCUT2D eigenvalue weighted by Crippen LogP contribution is 2.17. The first-order valence-corrected chi connectivity index (χ1v) is 6.47. The van der Waals surface area contributed by atoms with E-state index >= 15 is 0 Å². The maximum absolute atomic E-state index is 11.0. The Hall–Kier alpha value is -2.41. The monoisotopic (exact) mass is 291 g/mol. The molecular formula is C14H17N3O4. The number of aliphatic carboxylic acids is 1. The number of nitrogens with zero attached hydrogens (tertiary/aromatic N) is 3. The van der Waals surface area contributed by atoms with Crippen LogP contribution < -0.4 is 4.90 Å². The predicted octanol–water partition coefficient (Wildman–Crippen LogP) is 1.87. The number of carboxylic acid groups (broad SMARTS) is 1. The lowest BCUT2D eigenvalue weighted by atomic mass is 10.3. The van der Waals surface area contributed by atoms with Crippen LogP contribution in [0.1, 0.15) is 24.7 Å². The summed E-state index contributed by atoms with van der Waals surface area (Å²) in [4.78, 5) is 16.9. The predicted molar refractivity (Wildman–Crippen MR) is 74.8 cm³/mol. The fourth-order valence-electron chi connectivity index (χ4n) is 1.81. The van der Waals surface area contributed by atoms with Crippen molar-refractivity contribution in [2.24, 2.45) is 0 Å². The Labute approximate surface area is 122 Å². The fraction of sp³-hybridized carbons (Fsp3) is 0.357. The minimum absolute atomic E-state index is 0.151. The third-order valence-electron chi connectivity index (χ3n) is 2.97. The molecule has 7 nitrogen and oxygen atoms in total. The quantitative estimate of drug-likeness (QED) is 0.832. The fourth-order valence-corrected chi connectivity index (χ4v) is 1.81. The van der Waals surface area contributed by atoms with E-state index in [1.807, 2.05) is 30.3 Å². The number of carboxylic acids is 1. The van der Waals surface area contributed by atoms with Crippen LogP contribution in [0.5, 0.6) is 0 Å². The van der Waals surface area contributed by atoms with Gasteiger partial charge in [-0.05, 0) is 19.1 Å². The van der Waals surface area contributed by atoms with Gasteiger partial charge >= 0.3 is 5.97 Å². The smallest absolute Gasteiger partial charge is 0.323 e. The molecule has 0 bridgehead atoms. The van der Waals surface area contributed by atoms with E-state index in [9.17, 15) is 4.79 Å². The van der Waals surface area contributed by atoms with E-state index in [0.717, 1.165) is 5.69 Å². The van der Waals surface area contributed by atoms with Gasteiger partial charge in [0, 0.05) is 12.8 Å². The van der Waals surface area contributed by atoms with Crippen molar-refractivity contribution in [3.63, 3.8) is 0 Å². The average Bonchev–Trinajstić information content (AvgIpc) is 2.95. The molecule has 0 radical (unpaired) electrons. The summed E-state index contributed by atoms with van der Waals surface area (Å²) in [5.41, 5.74) is 0.777. The molecule has 1 aromatic carbocycles. The molecule has 0 aliphatic heterocycles. The molecule has 1 heterocycles. The molecule has 112 valence electrons. The van der Waals surface area contributed by atoms with E-state index in [0.29, 0.717) is 11.7 Å². The van der Waals surface area contributed by atoms with Crippen molar-refractivity contribution in [3.05, 3.63) is 42.0 Å². The molecule has 0 spiro atoms. The summed E-state index contributed by atoms with van der Waals surface area (Å²) in [6.07, 6.45) is -0.271. The van der Waals surface area contributed by atoms with E-state index in [-0.39, 0.29) is 19.2 Å². The van der Waals surface area contributed by atoms with Crippen molar-refractivity contribution in [1.82, 2.24) is 10.1 Å². The number of hydrogen-bond donors (Lipinski definition) is 1. The molecule has 0 fully saturated rings. The molecular weight excluding hydrogens is 274 g/mol. The van der Waals surface area contributed by atoms with Gasteiger partial charge in [0.2, 0.25) is 5.89 Å². The van der Waals surface area contributed by atoms with Crippen molar-refractivity contribution in [2.45, 2.75) is 19.6 Å². The van der Waals surface area contributed by atoms with Crippen LogP contribution >= 0.6 is 0 Å². The Bertz CT molecular complexity index is 585. The molecule has 21 heavy (non-hydrogen) atoms. The number of ether oxygens (including phenoxy) is 1. The zero-order valence-electron chi connectivity index (χ0n) is 11.9. The SMILES string of the molecule is COC(C)c1noc(CN(CC(=O)O)c2ccccc2)n1. The molecule has 1 N–H and O–H groups in total. The summed E-state index contributed by atoms with van der Waals surface area (Å²) in [5.74, 6) is -0.140. The maximum atomic E-state index is 11.0. The molecule has 0 aliphatic carbocycles. The molecule has 0 amide bonds. The number of hydrogen-bond acceptors (Lipinski definition) is 6. The minimum atomic E-state index is -0.927. The lowest BCUT2D eigenvalue weighted by Gasteiger charge is -2.20. The first kappa shape index (κ1) is 15.0. The Morgan fingerprint density at radius 2 is 2.14 bits per heavy atom. The van der Waals surface area contributed by atoms with E-state index in [1.165, 1.54) is 0 Å². The van der Waals surface area contributed by atoms with Crippen LogP contribution in [0.2, 0.25) is 0 Å². The molecule has 7 heteroatoms. The second kappa shape index (κ2) is 6.85. The van der Waals surface area contributed by atoms with Crippen LogP contribution in [0, 0.1) is 0 Å². The summed E-state index contributed by atoms with van der Waals surface area (Å²) < 4.78 is 10.3. The van der Waals surface area contributed by atoms with Crippen LogP contribution in [0.25, 0.3) is 0 Å². The van der Waals surface area contributed by atoms with Gasteiger partial charge < -0.3 is 19.3 Å². The summed E-state index contributed by atoms with van der Waals surface area (Å²) in [7, 11) is 1.56. The Balaban J connectivity index is 2.15. The molecule has 1 atom stereocenters. The van der Waals surface area contributed by atoms with E-state index in [4.69, 9.17) is 14.4 Å².